The minimum atomic E-state index is -1.07. The Kier molecular flexibility index (Phi) is 4.90. The summed E-state index contributed by atoms with van der Waals surface area (Å²) in [4.78, 5) is 26.9. The van der Waals surface area contributed by atoms with E-state index in [4.69, 9.17) is 9.84 Å². The van der Waals surface area contributed by atoms with Gasteiger partial charge in [0.05, 0.1) is 12.7 Å². The summed E-state index contributed by atoms with van der Waals surface area (Å²) in [7, 11) is 0. The van der Waals surface area contributed by atoms with E-state index in [1.807, 2.05) is 18.2 Å². The summed E-state index contributed by atoms with van der Waals surface area (Å²) in [5.74, 6) is -0.574. The van der Waals surface area contributed by atoms with E-state index in [0.29, 0.717) is 19.1 Å². The van der Waals surface area contributed by atoms with Gasteiger partial charge in [-0.1, -0.05) is 30.3 Å². The number of carboxylic acids is 1. The van der Waals surface area contributed by atoms with Gasteiger partial charge in [0.25, 0.3) is 5.56 Å². The predicted molar refractivity (Wildman–Crippen MR) is 88.2 cm³/mol. The molecule has 2 N–H and O–H groups in total. The van der Waals surface area contributed by atoms with Crippen LogP contribution in [-0.4, -0.2) is 39.9 Å². The number of anilines is 1. The molecular formula is C17H19N3O4. The molecule has 3 rings (SSSR count). The van der Waals surface area contributed by atoms with Crippen LogP contribution >= 0.6 is 0 Å². The van der Waals surface area contributed by atoms with Crippen molar-refractivity contribution >= 4 is 11.8 Å². The fourth-order valence-corrected chi connectivity index (χ4v) is 2.85. The van der Waals surface area contributed by atoms with Crippen molar-refractivity contribution in [3.8, 4) is 0 Å². The zero-order valence-corrected chi connectivity index (χ0v) is 13.1. The topological polar surface area (TPSA) is 93.4 Å². The quantitative estimate of drug-likeness (QED) is 0.830. The van der Waals surface area contributed by atoms with Crippen LogP contribution in [0.4, 0.5) is 5.82 Å². The molecule has 126 valence electrons. The number of rotatable bonds is 6. The predicted octanol–water partition coefficient (Wildman–Crippen LogP) is 1.31. The maximum Gasteiger partial charge on any atom is 0.323 e. The summed E-state index contributed by atoms with van der Waals surface area (Å²) < 4.78 is 6.89. The van der Waals surface area contributed by atoms with Gasteiger partial charge in [0, 0.05) is 24.9 Å². The minimum absolute atomic E-state index is 0.00969. The highest BCUT2D eigenvalue weighted by Crippen LogP contribution is 2.29. The van der Waals surface area contributed by atoms with E-state index in [9.17, 15) is 9.59 Å². The highest BCUT2D eigenvalue weighted by atomic mass is 16.5. The van der Waals surface area contributed by atoms with Crippen molar-refractivity contribution in [1.29, 1.82) is 0 Å². The van der Waals surface area contributed by atoms with Crippen LogP contribution in [0.1, 0.15) is 17.9 Å². The lowest BCUT2D eigenvalue weighted by molar-refractivity contribution is -0.137. The molecule has 0 aliphatic carbocycles. The number of carboxylic acid groups (broad SMARTS) is 1. The molecule has 1 aromatic heterocycles. The molecule has 2 aromatic rings. The van der Waals surface area contributed by atoms with Crippen molar-refractivity contribution in [1.82, 2.24) is 9.55 Å². The van der Waals surface area contributed by atoms with E-state index in [2.05, 4.69) is 22.4 Å². The van der Waals surface area contributed by atoms with Crippen LogP contribution in [0, 0.1) is 0 Å². The zero-order valence-electron chi connectivity index (χ0n) is 13.1. The third-order valence-electron chi connectivity index (χ3n) is 4.07. The van der Waals surface area contributed by atoms with E-state index >= 15 is 0 Å². The second-order valence-electron chi connectivity index (χ2n) is 5.78. The monoisotopic (exact) mass is 329 g/mol. The molecule has 24 heavy (non-hydrogen) atoms. The van der Waals surface area contributed by atoms with Gasteiger partial charge in [-0.15, -0.1) is 0 Å². The second-order valence-corrected chi connectivity index (χ2v) is 5.78. The Morgan fingerprint density at radius 2 is 2.17 bits per heavy atom. The maximum atomic E-state index is 12.1. The number of nitrogens with one attached hydrogen (secondary N) is 1. The molecule has 1 aromatic carbocycles. The van der Waals surface area contributed by atoms with Gasteiger partial charge in [-0.05, 0) is 12.0 Å². The highest BCUT2D eigenvalue weighted by Gasteiger charge is 2.26. The summed E-state index contributed by atoms with van der Waals surface area (Å²) >= 11 is 0. The Labute approximate surface area is 138 Å². The Balaban J connectivity index is 1.59. The average Bonchev–Trinajstić information content (AvgIpc) is 3.05. The number of carbonyl (C=O) groups is 1. The van der Waals surface area contributed by atoms with E-state index in [1.54, 1.807) is 0 Å². The molecule has 0 unspecified atom stereocenters. The molecule has 1 saturated heterocycles. The summed E-state index contributed by atoms with van der Waals surface area (Å²) in [5.41, 5.74) is 0.805. The molecule has 2 heterocycles. The Morgan fingerprint density at radius 3 is 2.92 bits per heavy atom. The van der Waals surface area contributed by atoms with Crippen LogP contribution in [0.25, 0.3) is 0 Å². The molecule has 0 saturated carbocycles. The van der Waals surface area contributed by atoms with Crippen molar-refractivity contribution < 1.29 is 14.6 Å². The van der Waals surface area contributed by atoms with Crippen LogP contribution < -0.4 is 10.9 Å². The normalized spacial score (nSPS) is 20.0. The first-order valence-electron chi connectivity index (χ1n) is 7.81. The molecule has 0 spiro atoms. The van der Waals surface area contributed by atoms with Crippen LogP contribution in [0.3, 0.4) is 0 Å². The molecule has 1 fully saturated rings. The lowest BCUT2D eigenvalue weighted by Gasteiger charge is -2.12. The number of hydrogen-bond donors (Lipinski definition) is 2. The number of aromatic nitrogens is 2. The molecular weight excluding hydrogens is 310 g/mol. The van der Waals surface area contributed by atoms with Crippen molar-refractivity contribution in [2.45, 2.75) is 25.0 Å². The first-order valence-corrected chi connectivity index (χ1v) is 7.81. The third-order valence-corrected chi connectivity index (χ3v) is 4.07. The number of nitrogens with zero attached hydrogens (tertiary/aromatic N) is 2. The molecule has 0 bridgehead atoms. The summed E-state index contributed by atoms with van der Waals surface area (Å²) in [6.45, 7) is 0.733. The van der Waals surface area contributed by atoms with E-state index in [1.165, 1.54) is 18.0 Å². The molecule has 2 atom stereocenters. The number of hydrogen-bond acceptors (Lipinski definition) is 5. The molecule has 0 amide bonds. The van der Waals surface area contributed by atoms with Crippen molar-refractivity contribution in [2.24, 2.45) is 0 Å². The number of benzene rings is 1. The van der Waals surface area contributed by atoms with Crippen LogP contribution in [-0.2, 0) is 16.1 Å². The first-order chi connectivity index (χ1) is 11.6. The molecule has 7 nitrogen and oxygen atoms in total. The Morgan fingerprint density at radius 1 is 1.38 bits per heavy atom. The fourth-order valence-electron chi connectivity index (χ4n) is 2.85. The van der Waals surface area contributed by atoms with Gasteiger partial charge in [0.15, 0.2) is 5.82 Å². The van der Waals surface area contributed by atoms with Crippen LogP contribution in [0.5, 0.6) is 0 Å². The minimum Gasteiger partial charge on any atom is -0.480 e. The van der Waals surface area contributed by atoms with E-state index < -0.39 is 11.5 Å². The average molecular weight is 329 g/mol. The Hall–Kier alpha value is -2.67. The van der Waals surface area contributed by atoms with Gasteiger partial charge in [0.1, 0.15) is 6.54 Å². The third kappa shape index (κ3) is 3.80. The molecule has 1 aliphatic heterocycles. The van der Waals surface area contributed by atoms with E-state index in [0.717, 1.165) is 11.0 Å². The largest absolute Gasteiger partial charge is 0.480 e. The molecule has 0 radical (unpaired) electrons. The van der Waals surface area contributed by atoms with E-state index in [-0.39, 0.29) is 18.5 Å². The summed E-state index contributed by atoms with van der Waals surface area (Å²) in [5, 5.41) is 11.8. The summed E-state index contributed by atoms with van der Waals surface area (Å²) in [6.07, 6.45) is 3.63. The standard InChI is InChI=1S/C17H19N3O4/c21-15(22)10-20-7-6-18-16(17(20)23)19-9-14-8-13(11-24-14)12-4-2-1-3-5-12/h1-7,13-14H,8-11H2,(H,18,19)(H,21,22)/t13-,14-/m0/s1. The number of ether oxygens (including phenoxy) is 1. The van der Waals surface area contributed by atoms with Crippen molar-refractivity contribution in [2.75, 3.05) is 18.5 Å². The Bertz CT molecular complexity index is 760. The molecule has 7 heteroatoms. The van der Waals surface area contributed by atoms with Crippen LogP contribution in [0.2, 0.25) is 0 Å². The van der Waals surface area contributed by atoms with Gasteiger partial charge < -0.3 is 15.2 Å². The SMILES string of the molecule is O=C(O)Cn1ccnc(NC[C@@H]2C[C@H](c3ccccc3)CO2)c1=O. The smallest absolute Gasteiger partial charge is 0.323 e. The van der Waals surface area contributed by atoms with Gasteiger partial charge in [-0.3, -0.25) is 14.2 Å². The van der Waals surface area contributed by atoms with Gasteiger partial charge in [-0.25, -0.2) is 4.98 Å². The van der Waals surface area contributed by atoms with Crippen molar-refractivity contribution in [3.63, 3.8) is 0 Å². The van der Waals surface area contributed by atoms with Gasteiger partial charge in [-0.2, -0.15) is 0 Å². The van der Waals surface area contributed by atoms with Gasteiger partial charge >= 0.3 is 5.97 Å². The summed E-state index contributed by atoms with van der Waals surface area (Å²) in [6, 6.07) is 10.2. The molecule has 1 aliphatic rings. The maximum absolute atomic E-state index is 12.1. The number of aliphatic carboxylic acids is 1. The van der Waals surface area contributed by atoms with Crippen molar-refractivity contribution in [3.05, 3.63) is 58.6 Å². The lowest BCUT2D eigenvalue weighted by Crippen LogP contribution is -2.29. The van der Waals surface area contributed by atoms with Crippen LogP contribution in [0.15, 0.2) is 47.5 Å². The van der Waals surface area contributed by atoms with Gasteiger partial charge in [0.2, 0.25) is 0 Å². The lowest BCUT2D eigenvalue weighted by atomic mass is 9.96. The zero-order chi connectivity index (χ0) is 16.9. The first kappa shape index (κ1) is 16.2. The highest BCUT2D eigenvalue weighted by molar-refractivity contribution is 5.66. The fraction of sp³-hybridized carbons (Fsp3) is 0.353. The second kappa shape index (κ2) is 7.27.